The Morgan fingerprint density at radius 2 is 1.89 bits per heavy atom. The van der Waals surface area contributed by atoms with Crippen LogP contribution in [0.1, 0.15) is 50.7 Å². The quantitative estimate of drug-likeness (QED) is 0.158. The predicted molar refractivity (Wildman–Crippen MR) is 172 cm³/mol. The number of aromatic nitrogens is 1. The van der Waals surface area contributed by atoms with Gasteiger partial charge in [-0.1, -0.05) is 43.4 Å². The number of ether oxygens (including phenoxy) is 2. The van der Waals surface area contributed by atoms with Crippen molar-refractivity contribution in [1.82, 2.24) is 10.3 Å². The number of para-hydroxylation sites is 1. The van der Waals surface area contributed by atoms with E-state index in [0.29, 0.717) is 51.9 Å². The molecule has 0 radical (unpaired) electrons. The van der Waals surface area contributed by atoms with Crippen molar-refractivity contribution in [2.75, 3.05) is 12.4 Å². The molecule has 1 amide bonds. The molecule has 0 saturated heterocycles. The molecule has 2 aliphatic rings. The molecular formula is C34H32N4O6S. The van der Waals surface area contributed by atoms with Crippen molar-refractivity contribution in [2.24, 2.45) is 5.41 Å². The van der Waals surface area contributed by atoms with E-state index in [9.17, 15) is 19.7 Å². The zero-order valence-corrected chi connectivity index (χ0v) is 26.1. The molecule has 1 aliphatic heterocycles. The number of carbonyl (C=O) groups excluding carboxylic acids is 2. The van der Waals surface area contributed by atoms with Gasteiger partial charge >= 0.3 is 0 Å². The van der Waals surface area contributed by atoms with E-state index in [0.717, 1.165) is 21.5 Å². The molecular weight excluding hydrogens is 592 g/mol. The van der Waals surface area contributed by atoms with Crippen LogP contribution in [0, 0.1) is 15.5 Å². The molecule has 2 heterocycles. The van der Waals surface area contributed by atoms with Crippen molar-refractivity contribution in [3.8, 4) is 11.5 Å². The van der Waals surface area contributed by atoms with Crippen LogP contribution in [0.4, 0.5) is 10.8 Å². The lowest BCUT2D eigenvalue weighted by atomic mass is 9.68. The Morgan fingerprint density at radius 3 is 2.60 bits per heavy atom. The predicted octanol–water partition coefficient (Wildman–Crippen LogP) is 7.03. The minimum atomic E-state index is -0.636. The second kappa shape index (κ2) is 11.8. The SMILES string of the molecule is COc1ccc(C2C(C(=O)Nc3nc4ccccc4s3)=C(C)NC3=C2C(=O)CC(C)(C)C3)cc1COc1ccc([N+](=O)[O-])cc1. The number of dihydropyridines is 1. The maximum Gasteiger partial charge on any atom is 0.269 e. The smallest absolute Gasteiger partial charge is 0.269 e. The van der Waals surface area contributed by atoms with Gasteiger partial charge in [0.05, 0.1) is 22.2 Å². The van der Waals surface area contributed by atoms with Gasteiger partial charge in [0.1, 0.15) is 18.1 Å². The van der Waals surface area contributed by atoms with E-state index >= 15 is 0 Å². The van der Waals surface area contributed by atoms with E-state index < -0.39 is 10.8 Å². The van der Waals surface area contributed by atoms with Crippen molar-refractivity contribution < 1.29 is 24.0 Å². The Labute approximate surface area is 263 Å². The number of nitro benzene ring substituents is 1. The van der Waals surface area contributed by atoms with Crippen LogP contribution in [0.25, 0.3) is 10.2 Å². The minimum Gasteiger partial charge on any atom is -0.496 e. The van der Waals surface area contributed by atoms with E-state index in [1.807, 2.05) is 49.4 Å². The number of benzene rings is 3. The number of hydrogen-bond donors (Lipinski definition) is 2. The summed E-state index contributed by atoms with van der Waals surface area (Å²) in [6.45, 7) is 6.10. The summed E-state index contributed by atoms with van der Waals surface area (Å²) in [4.78, 5) is 43.0. The third kappa shape index (κ3) is 6.03. The lowest BCUT2D eigenvalue weighted by Gasteiger charge is -2.39. The minimum absolute atomic E-state index is 0.00367. The molecule has 2 N–H and O–H groups in total. The van der Waals surface area contributed by atoms with Gasteiger partial charge in [-0.05, 0) is 60.7 Å². The van der Waals surface area contributed by atoms with E-state index in [4.69, 9.17) is 9.47 Å². The average molecular weight is 625 g/mol. The summed E-state index contributed by atoms with van der Waals surface area (Å²) in [5.41, 5.74) is 4.50. The van der Waals surface area contributed by atoms with Crippen LogP contribution in [-0.2, 0) is 16.2 Å². The van der Waals surface area contributed by atoms with Gasteiger partial charge in [0, 0.05) is 52.6 Å². The monoisotopic (exact) mass is 624 g/mol. The van der Waals surface area contributed by atoms with Gasteiger partial charge in [-0.25, -0.2) is 4.98 Å². The number of ketones is 1. The number of carbonyl (C=O) groups is 2. The fourth-order valence-corrected chi connectivity index (χ4v) is 6.94. The Bertz CT molecular complexity index is 1870. The van der Waals surface area contributed by atoms with Gasteiger partial charge in [0.2, 0.25) is 0 Å². The summed E-state index contributed by atoms with van der Waals surface area (Å²) < 4.78 is 12.6. The highest BCUT2D eigenvalue weighted by atomic mass is 32.1. The molecule has 6 rings (SSSR count). The Morgan fingerprint density at radius 1 is 1.13 bits per heavy atom. The molecule has 10 nitrogen and oxygen atoms in total. The van der Waals surface area contributed by atoms with Gasteiger partial charge < -0.3 is 14.8 Å². The van der Waals surface area contributed by atoms with E-state index in [1.165, 1.54) is 35.6 Å². The van der Waals surface area contributed by atoms with Crippen LogP contribution in [0.3, 0.4) is 0 Å². The van der Waals surface area contributed by atoms with Crippen LogP contribution in [-0.4, -0.2) is 28.7 Å². The molecule has 1 atom stereocenters. The van der Waals surface area contributed by atoms with Crippen molar-refractivity contribution in [2.45, 2.75) is 46.1 Å². The van der Waals surface area contributed by atoms with Crippen LogP contribution >= 0.6 is 11.3 Å². The van der Waals surface area contributed by atoms with Gasteiger partial charge in [-0.3, -0.25) is 25.0 Å². The molecule has 3 aromatic carbocycles. The molecule has 4 aromatic rings. The topological polar surface area (TPSA) is 133 Å². The molecule has 1 aliphatic carbocycles. The fraction of sp³-hybridized carbons (Fsp3) is 0.265. The second-order valence-corrected chi connectivity index (χ2v) is 13.0. The molecule has 0 bridgehead atoms. The number of nitrogens with one attached hydrogen (secondary N) is 2. The number of amides is 1. The molecule has 230 valence electrons. The van der Waals surface area contributed by atoms with Gasteiger partial charge in [0.15, 0.2) is 10.9 Å². The molecule has 1 aromatic heterocycles. The molecule has 45 heavy (non-hydrogen) atoms. The Balaban J connectivity index is 1.38. The molecule has 0 spiro atoms. The van der Waals surface area contributed by atoms with Crippen molar-refractivity contribution >= 4 is 44.1 Å². The molecule has 1 unspecified atom stereocenters. The first-order valence-corrected chi connectivity index (χ1v) is 15.3. The summed E-state index contributed by atoms with van der Waals surface area (Å²) in [5, 5.41) is 17.9. The normalized spacial score (nSPS) is 17.5. The number of thiazole rings is 1. The fourth-order valence-electron chi connectivity index (χ4n) is 6.08. The zero-order valence-electron chi connectivity index (χ0n) is 25.3. The summed E-state index contributed by atoms with van der Waals surface area (Å²) in [6.07, 6.45) is 1.03. The molecule has 0 fully saturated rings. The molecule has 11 heteroatoms. The number of rotatable bonds is 8. The third-order valence-electron chi connectivity index (χ3n) is 8.08. The van der Waals surface area contributed by atoms with Crippen molar-refractivity contribution in [1.29, 1.82) is 0 Å². The lowest BCUT2D eigenvalue weighted by molar-refractivity contribution is -0.384. The number of methoxy groups -OCH3 is 1. The lowest BCUT2D eigenvalue weighted by Crippen LogP contribution is -2.39. The zero-order chi connectivity index (χ0) is 31.9. The number of non-ortho nitro benzene ring substituents is 1. The highest BCUT2D eigenvalue weighted by Crippen LogP contribution is 2.47. The number of hydrogen-bond acceptors (Lipinski definition) is 9. The Kier molecular flexibility index (Phi) is 7.88. The first-order valence-electron chi connectivity index (χ1n) is 14.5. The van der Waals surface area contributed by atoms with Crippen LogP contribution in [0.15, 0.2) is 89.3 Å². The van der Waals surface area contributed by atoms with Gasteiger partial charge in [-0.2, -0.15) is 0 Å². The average Bonchev–Trinajstić information content (AvgIpc) is 3.41. The van der Waals surface area contributed by atoms with Gasteiger partial charge in [-0.15, -0.1) is 0 Å². The highest BCUT2D eigenvalue weighted by Gasteiger charge is 2.43. The van der Waals surface area contributed by atoms with E-state index in [1.54, 1.807) is 7.11 Å². The standard InChI is InChI=1S/C34H32N4O6S/c1-19-29(32(40)37-33-36-24-7-5-6-8-28(24)45-33)30(31-25(35-19)16-34(2,3)17-26(31)39)20-9-14-27(43-4)21(15-20)18-44-23-12-10-22(11-13-23)38(41)42/h5-15,30,35H,16-18H2,1-4H3,(H,36,37,40). The number of fused-ring (bicyclic) bond motifs is 1. The summed E-state index contributed by atoms with van der Waals surface area (Å²) in [7, 11) is 1.56. The van der Waals surface area contributed by atoms with Gasteiger partial charge in [0.25, 0.3) is 11.6 Å². The first-order chi connectivity index (χ1) is 21.5. The van der Waals surface area contributed by atoms with Crippen molar-refractivity contribution in [3.05, 3.63) is 111 Å². The number of allylic oxidation sites excluding steroid dienone is 3. The second-order valence-electron chi connectivity index (χ2n) is 12.0. The largest absolute Gasteiger partial charge is 0.496 e. The van der Waals surface area contributed by atoms with Crippen LogP contribution in [0.2, 0.25) is 0 Å². The maximum absolute atomic E-state index is 14.1. The third-order valence-corrected chi connectivity index (χ3v) is 9.03. The molecule has 0 saturated carbocycles. The maximum atomic E-state index is 14.1. The van der Waals surface area contributed by atoms with E-state index in [-0.39, 0.29) is 29.4 Å². The number of anilines is 1. The van der Waals surface area contributed by atoms with Crippen LogP contribution < -0.4 is 20.1 Å². The summed E-state index contributed by atoms with van der Waals surface area (Å²) >= 11 is 1.39. The van der Waals surface area contributed by atoms with Crippen LogP contribution in [0.5, 0.6) is 11.5 Å². The summed E-state index contributed by atoms with van der Waals surface area (Å²) in [5.74, 6) is 0.0457. The number of Topliss-reactive ketones (excluding diaryl/α,β-unsaturated/α-hetero) is 1. The number of nitro groups is 1. The van der Waals surface area contributed by atoms with E-state index in [2.05, 4.69) is 29.5 Å². The van der Waals surface area contributed by atoms with Crippen molar-refractivity contribution in [3.63, 3.8) is 0 Å². The summed E-state index contributed by atoms with van der Waals surface area (Å²) in [6, 6.07) is 19.1. The number of nitrogens with zero attached hydrogens (tertiary/aromatic N) is 2. The highest BCUT2D eigenvalue weighted by molar-refractivity contribution is 7.22. The first kappa shape index (κ1) is 30.0. The Hall–Kier alpha value is -5.03.